The Hall–Kier alpha value is -2.90. The number of carbonyl (C=O) groups is 1. The van der Waals surface area contributed by atoms with Gasteiger partial charge in [-0.05, 0) is 18.2 Å². The first kappa shape index (κ1) is 25.4. The average Bonchev–Trinajstić information content (AvgIpc) is 3.20. The lowest BCUT2D eigenvalue weighted by atomic mass is 10.1. The van der Waals surface area contributed by atoms with Gasteiger partial charge in [0, 0.05) is 38.3 Å². The van der Waals surface area contributed by atoms with E-state index >= 15 is 0 Å². The van der Waals surface area contributed by atoms with Gasteiger partial charge in [0.05, 0.1) is 5.56 Å². The van der Waals surface area contributed by atoms with Crippen molar-refractivity contribution in [1.82, 2.24) is 16.0 Å². The van der Waals surface area contributed by atoms with Crippen LogP contribution in [-0.2, 0) is 6.54 Å². The van der Waals surface area contributed by atoms with E-state index in [4.69, 9.17) is 9.47 Å². The molecule has 0 fully saturated rings. The molecule has 0 spiro atoms. The Kier molecular flexibility index (Phi) is 9.68. The van der Waals surface area contributed by atoms with Crippen LogP contribution < -0.4 is 30.2 Å². The summed E-state index contributed by atoms with van der Waals surface area (Å²) >= 11 is 0. The molecule has 0 aliphatic carbocycles. The topological polar surface area (TPSA) is 93.2 Å². The Morgan fingerprint density at radius 2 is 1.81 bits per heavy atom. The lowest BCUT2D eigenvalue weighted by Crippen LogP contribution is -2.41. The highest BCUT2D eigenvalue weighted by Gasteiger charge is 2.20. The van der Waals surface area contributed by atoms with E-state index < -0.39 is 18.3 Å². The number of amides is 1. The number of rotatable bonds is 8. The van der Waals surface area contributed by atoms with Crippen molar-refractivity contribution >= 4 is 35.8 Å². The number of carbonyl (C=O) groups excluding carboxylic acids is 1. The van der Waals surface area contributed by atoms with Crippen molar-refractivity contribution in [3.63, 3.8) is 0 Å². The van der Waals surface area contributed by atoms with Gasteiger partial charge in [-0.25, -0.2) is 4.39 Å². The molecule has 0 saturated carbocycles. The summed E-state index contributed by atoms with van der Waals surface area (Å²) in [6, 6.07) is 8.57. The van der Waals surface area contributed by atoms with E-state index in [1.807, 2.05) is 0 Å². The zero-order valence-corrected chi connectivity index (χ0v) is 19.3. The number of aliphatic imine (C=N–C) groups is 1. The van der Waals surface area contributed by atoms with Gasteiger partial charge in [-0.15, -0.1) is 24.0 Å². The Balaban J connectivity index is 0.00000363. The number of halogens is 4. The summed E-state index contributed by atoms with van der Waals surface area (Å²) in [6.45, 7) is -2.38. The lowest BCUT2D eigenvalue weighted by Gasteiger charge is -2.15. The molecule has 0 atom stereocenters. The van der Waals surface area contributed by atoms with Crippen LogP contribution in [0.4, 0.5) is 13.2 Å². The van der Waals surface area contributed by atoms with Crippen LogP contribution in [0.25, 0.3) is 0 Å². The van der Waals surface area contributed by atoms with Crippen molar-refractivity contribution in [3.8, 4) is 17.2 Å². The normalized spacial score (nSPS) is 12.2. The molecule has 1 heterocycles. The number of guanidine groups is 1. The second-order valence-electron chi connectivity index (χ2n) is 6.28. The molecular formula is C20H22F3IN4O4. The van der Waals surface area contributed by atoms with Gasteiger partial charge >= 0.3 is 6.61 Å². The first-order valence-corrected chi connectivity index (χ1v) is 9.32. The smallest absolute Gasteiger partial charge is 0.387 e. The van der Waals surface area contributed by atoms with Gasteiger partial charge in [0.2, 0.25) is 6.79 Å². The molecule has 3 rings (SSSR count). The minimum atomic E-state index is -2.99. The van der Waals surface area contributed by atoms with E-state index in [2.05, 4.69) is 25.7 Å². The van der Waals surface area contributed by atoms with Gasteiger partial charge in [0.1, 0.15) is 11.6 Å². The maximum atomic E-state index is 13.6. The highest BCUT2D eigenvalue weighted by Crippen LogP contribution is 2.38. The van der Waals surface area contributed by atoms with Crippen molar-refractivity contribution in [2.24, 2.45) is 4.99 Å². The Labute approximate surface area is 199 Å². The highest BCUT2D eigenvalue weighted by atomic mass is 127. The predicted octanol–water partition coefficient (Wildman–Crippen LogP) is 2.87. The Morgan fingerprint density at radius 1 is 1.12 bits per heavy atom. The molecule has 0 saturated heterocycles. The van der Waals surface area contributed by atoms with Crippen molar-refractivity contribution in [2.75, 3.05) is 26.9 Å². The molecule has 1 amide bonds. The van der Waals surface area contributed by atoms with E-state index in [0.717, 1.165) is 0 Å². The fourth-order valence-corrected chi connectivity index (χ4v) is 2.81. The molecular weight excluding hydrogens is 544 g/mol. The summed E-state index contributed by atoms with van der Waals surface area (Å²) in [5, 5.41) is 8.52. The number of nitrogens with one attached hydrogen (secondary N) is 3. The fourth-order valence-electron chi connectivity index (χ4n) is 2.81. The zero-order valence-electron chi connectivity index (χ0n) is 17.0. The van der Waals surface area contributed by atoms with E-state index in [1.165, 1.54) is 31.3 Å². The molecule has 0 aromatic heterocycles. The molecule has 174 valence electrons. The monoisotopic (exact) mass is 566 g/mol. The maximum Gasteiger partial charge on any atom is 0.387 e. The predicted molar refractivity (Wildman–Crippen MR) is 122 cm³/mol. The maximum absolute atomic E-state index is 13.6. The van der Waals surface area contributed by atoms with Gasteiger partial charge in [0.25, 0.3) is 5.91 Å². The van der Waals surface area contributed by atoms with Crippen molar-refractivity contribution in [1.29, 1.82) is 0 Å². The molecule has 8 nitrogen and oxygen atoms in total. The Morgan fingerprint density at radius 3 is 2.50 bits per heavy atom. The summed E-state index contributed by atoms with van der Waals surface area (Å²) in [4.78, 5) is 16.0. The second kappa shape index (κ2) is 12.2. The summed E-state index contributed by atoms with van der Waals surface area (Å²) in [6.07, 6.45) is 0. The first-order valence-electron chi connectivity index (χ1n) is 9.32. The van der Waals surface area contributed by atoms with Crippen LogP contribution >= 0.6 is 24.0 Å². The second-order valence-corrected chi connectivity index (χ2v) is 6.28. The molecule has 0 radical (unpaired) electrons. The average molecular weight is 566 g/mol. The fraction of sp³-hybridized carbons (Fsp3) is 0.300. The van der Waals surface area contributed by atoms with Crippen LogP contribution in [0.1, 0.15) is 15.9 Å². The van der Waals surface area contributed by atoms with Gasteiger partial charge in [-0.2, -0.15) is 8.78 Å². The summed E-state index contributed by atoms with van der Waals surface area (Å²) in [5.41, 5.74) is 0.375. The van der Waals surface area contributed by atoms with Crippen LogP contribution in [0.15, 0.2) is 41.4 Å². The van der Waals surface area contributed by atoms with E-state index in [9.17, 15) is 18.0 Å². The molecule has 2 aromatic carbocycles. The number of benzene rings is 2. The molecule has 0 unspecified atom stereocenters. The van der Waals surface area contributed by atoms with Crippen LogP contribution in [0.5, 0.6) is 17.2 Å². The first-order chi connectivity index (χ1) is 15.0. The molecule has 1 aliphatic rings. The molecule has 0 bridgehead atoms. The lowest BCUT2D eigenvalue weighted by molar-refractivity contribution is -0.0505. The minimum absolute atomic E-state index is 0. The van der Waals surface area contributed by atoms with Crippen LogP contribution in [-0.4, -0.2) is 45.4 Å². The van der Waals surface area contributed by atoms with Gasteiger partial charge < -0.3 is 30.2 Å². The number of ether oxygens (including phenoxy) is 3. The number of alkyl halides is 2. The van der Waals surface area contributed by atoms with Crippen LogP contribution in [0.2, 0.25) is 0 Å². The molecule has 12 heteroatoms. The van der Waals surface area contributed by atoms with Gasteiger partial charge in [-0.1, -0.05) is 12.1 Å². The third-order valence-electron chi connectivity index (χ3n) is 4.26. The van der Waals surface area contributed by atoms with Crippen molar-refractivity contribution in [2.45, 2.75) is 13.2 Å². The van der Waals surface area contributed by atoms with Crippen molar-refractivity contribution < 1.29 is 32.2 Å². The van der Waals surface area contributed by atoms with E-state index in [1.54, 1.807) is 12.1 Å². The third-order valence-corrected chi connectivity index (χ3v) is 4.26. The van der Waals surface area contributed by atoms with Gasteiger partial charge in [0.15, 0.2) is 17.5 Å². The number of fused-ring (bicyclic) bond motifs is 1. The largest absolute Gasteiger partial charge is 0.454 e. The molecule has 3 N–H and O–H groups in total. The summed E-state index contributed by atoms with van der Waals surface area (Å²) < 4.78 is 54.1. The van der Waals surface area contributed by atoms with E-state index in [0.29, 0.717) is 29.6 Å². The third kappa shape index (κ3) is 6.80. The SMILES string of the molecule is CN=C(NCCNC(=O)c1ccccc1F)NCc1cc2c(cc1OC(F)F)OCO2.I. The quantitative estimate of drug-likeness (QED) is 0.197. The summed E-state index contributed by atoms with van der Waals surface area (Å²) in [7, 11) is 1.53. The van der Waals surface area contributed by atoms with Gasteiger partial charge in [-0.3, -0.25) is 9.79 Å². The van der Waals surface area contributed by atoms with Crippen LogP contribution in [0.3, 0.4) is 0 Å². The van der Waals surface area contributed by atoms with Crippen LogP contribution in [0, 0.1) is 5.82 Å². The molecule has 32 heavy (non-hydrogen) atoms. The standard InChI is InChI=1S/C20H21F3N4O4.HI/c1-24-20(26-7-6-25-18(28)13-4-2-3-5-14(13)21)27-10-12-8-16-17(30-11-29-16)9-15(12)31-19(22)23;/h2-5,8-9,19H,6-7,10-11H2,1H3,(H,25,28)(H2,24,26,27);1H. The minimum Gasteiger partial charge on any atom is -0.454 e. The number of hydrogen-bond donors (Lipinski definition) is 3. The molecule has 2 aromatic rings. The highest BCUT2D eigenvalue weighted by molar-refractivity contribution is 14.0. The number of nitrogens with zero attached hydrogens (tertiary/aromatic N) is 1. The summed E-state index contributed by atoms with van der Waals surface area (Å²) in [5.74, 6) is -0.0575. The Bertz CT molecular complexity index is 962. The zero-order chi connectivity index (χ0) is 22.2. The molecule has 1 aliphatic heterocycles. The van der Waals surface area contributed by atoms with E-state index in [-0.39, 0.29) is 55.2 Å². The number of hydrogen-bond acceptors (Lipinski definition) is 5. The van der Waals surface area contributed by atoms with Crippen molar-refractivity contribution in [3.05, 3.63) is 53.3 Å².